The van der Waals surface area contributed by atoms with Gasteiger partial charge in [0.2, 0.25) is 0 Å². The van der Waals surface area contributed by atoms with E-state index in [0.717, 1.165) is 22.4 Å². The van der Waals surface area contributed by atoms with E-state index in [2.05, 4.69) is 15.6 Å². The fraction of sp³-hybridized carbons (Fsp3) is 0.136. The molecule has 0 bridgehead atoms. The summed E-state index contributed by atoms with van der Waals surface area (Å²) in [5.41, 5.74) is 4.32. The normalized spacial score (nSPS) is 10.4. The van der Waals surface area contributed by atoms with E-state index in [4.69, 9.17) is 11.6 Å². The molecule has 6 heteroatoms. The van der Waals surface area contributed by atoms with E-state index in [1.165, 1.54) is 18.5 Å². The van der Waals surface area contributed by atoms with Crippen molar-refractivity contribution >= 4 is 29.1 Å². The Kier molecular flexibility index (Phi) is 6.06. The lowest BCUT2D eigenvalue weighted by Gasteiger charge is -2.10. The number of halogens is 1. The Hall–Kier alpha value is -3.18. The molecule has 2 aromatic carbocycles. The van der Waals surface area contributed by atoms with E-state index in [0.29, 0.717) is 22.7 Å². The van der Waals surface area contributed by atoms with Gasteiger partial charge in [0.1, 0.15) is 0 Å². The smallest absolute Gasteiger partial charge is 0.257 e. The molecule has 3 aromatic rings. The first-order valence-corrected chi connectivity index (χ1v) is 9.16. The number of benzene rings is 2. The van der Waals surface area contributed by atoms with Crippen molar-refractivity contribution < 1.29 is 9.59 Å². The van der Waals surface area contributed by atoms with Gasteiger partial charge in [-0.05, 0) is 54.8 Å². The molecule has 2 N–H and O–H groups in total. The number of hydrogen-bond acceptors (Lipinski definition) is 3. The van der Waals surface area contributed by atoms with Crippen molar-refractivity contribution in [2.75, 3.05) is 5.32 Å². The van der Waals surface area contributed by atoms with Crippen LogP contribution in [0.1, 0.15) is 37.4 Å². The summed E-state index contributed by atoms with van der Waals surface area (Å²) in [6, 6.07) is 14.6. The predicted octanol–water partition coefficient (Wildman–Crippen LogP) is 4.53. The monoisotopic (exact) mass is 393 g/mol. The maximum Gasteiger partial charge on any atom is 0.257 e. The van der Waals surface area contributed by atoms with Crippen LogP contribution in [0.25, 0.3) is 0 Å². The molecule has 3 rings (SSSR count). The van der Waals surface area contributed by atoms with Crippen molar-refractivity contribution in [3.05, 3.63) is 93.8 Å². The van der Waals surface area contributed by atoms with Gasteiger partial charge in [0.15, 0.2) is 0 Å². The summed E-state index contributed by atoms with van der Waals surface area (Å²) < 4.78 is 0. The van der Waals surface area contributed by atoms with E-state index in [-0.39, 0.29) is 11.8 Å². The van der Waals surface area contributed by atoms with Gasteiger partial charge in [0.25, 0.3) is 11.8 Å². The van der Waals surface area contributed by atoms with Crippen molar-refractivity contribution in [3.8, 4) is 0 Å². The number of pyridine rings is 1. The topological polar surface area (TPSA) is 71.1 Å². The molecular formula is C22H20ClN3O2. The second-order valence-electron chi connectivity index (χ2n) is 6.54. The van der Waals surface area contributed by atoms with E-state index in [9.17, 15) is 9.59 Å². The number of carbonyl (C=O) groups is 2. The molecule has 5 nitrogen and oxygen atoms in total. The Morgan fingerprint density at radius 3 is 2.32 bits per heavy atom. The maximum absolute atomic E-state index is 12.6. The second kappa shape index (κ2) is 8.67. The number of nitrogens with one attached hydrogen (secondary N) is 2. The summed E-state index contributed by atoms with van der Waals surface area (Å²) in [5.74, 6) is -0.614. The highest BCUT2D eigenvalue weighted by atomic mass is 35.5. The van der Waals surface area contributed by atoms with Gasteiger partial charge in [0, 0.05) is 29.6 Å². The van der Waals surface area contributed by atoms with Gasteiger partial charge >= 0.3 is 0 Å². The molecule has 0 saturated carbocycles. The molecule has 0 spiro atoms. The van der Waals surface area contributed by atoms with E-state index in [1.807, 2.05) is 44.2 Å². The van der Waals surface area contributed by atoms with Crippen LogP contribution in [0, 0.1) is 13.8 Å². The summed E-state index contributed by atoms with van der Waals surface area (Å²) in [5, 5.41) is 6.33. The number of aromatic nitrogens is 1. The van der Waals surface area contributed by atoms with E-state index in [1.54, 1.807) is 12.1 Å². The van der Waals surface area contributed by atoms with Gasteiger partial charge in [-0.2, -0.15) is 0 Å². The molecule has 0 radical (unpaired) electrons. The third-order valence-electron chi connectivity index (χ3n) is 4.27. The lowest BCUT2D eigenvalue weighted by molar-refractivity contribution is 0.0950. The van der Waals surface area contributed by atoms with Gasteiger partial charge in [-0.25, -0.2) is 0 Å². The van der Waals surface area contributed by atoms with Gasteiger partial charge in [-0.1, -0.05) is 35.9 Å². The molecule has 0 saturated heterocycles. The maximum atomic E-state index is 12.6. The van der Waals surface area contributed by atoms with Crippen LogP contribution >= 0.6 is 11.6 Å². The van der Waals surface area contributed by atoms with Crippen LogP contribution in [0.5, 0.6) is 0 Å². The molecule has 1 aromatic heterocycles. The number of amides is 2. The van der Waals surface area contributed by atoms with Crippen LogP contribution in [0.15, 0.2) is 60.9 Å². The van der Waals surface area contributed by atoms with Crippen LogP contribution in [0.2, 0.25) is 5.02 Å². The van der Waals surface area contributed by atoms with Crippen LogP contribution in [0.3, 0.4) is 0 Å². The summed E-state index contributed by atoms with van der Waals surface area (Å²) in [6.45, 7) is 4.24. The first kappa shape index (κ1) is 19.6. The SMILES string of the molecule is Cc1ccc(C)c(NC(=O)c2cncc(C(=O)NCc3ccc(Cl)cc3)c2)c1. The number of nitrogens with zero attached hydrogens (tertiary/aromatic N) is 1. The molecule has 2 amide bonds. The molecule has 0 aliphatic rings. The molecule has 0 unspecified atom stereocenters. The highest BCUT2D eigenvalue weighted by Crippen LogP contribution is 2.17. The van der Waals surface area contributed by atoms with Crippen molar-refractivity contribution in [1.29, 1.82) is 0 Å². The van der Waals surface area contributed by atoms with Crippen LogP contribution in [-0.2, 0) is 6.54 Å². The largest absolute Gasteiger partial charge is 0.348 e. The number of hydrogen-bond donors (Lipinski definition) is 2. The third-order valence-corrected chi connectivity index (χ3v) is 4.52. The van der Waals surface area contributed by atoms with Gasteiger partial charge in [-0.3, -0.25) is 14.6 Å². The minimum atomic E-state index is -0.312. The third kappa shape index (κ3) is 4.96. The molecule has 1 heterocycles. The molecular weight excluding hydrogens is 374 g/mol. The Labute approximate surface area is 168 Å². The summed E-state index contributed by atoms with van der Waals surface area (Å²) in [4.78, 5) is 29.0. The summed E-state index contributed by atoms with van der Waals surface area (Å²) in [6.07, 6.45) is 2.88. The van der Waals surface area contributed by atoms with Crippen molar-refractivity contribution in [2.45, 2.75) is 20.4 Å². The Morgan fingerprint density at radius 1 is 0.929 bits per heavy atom. The Balaban J connectivity index is 1.68. The summed E-state index contributed by atoms with van der Waals surface area (Å²) >= 11 is 5.86. The van der Waals surface area contributed by atoms with Crippen LogP contribution < -0.4 is 10.6 Å². The Morgan fingerprint density at radius 2 is 1.61 bits per heavy atom. The Bertz CT molecular complexity index is 1020. The van der Waals surface area contributed by atoms with Gasteiger partial charge in [-0.15, -0.1) is 0 Å². The number of carbonyl (C=O) groups excluding carboxylic acids is 2. The number of anilines is 1. The molecule has 0 atom stereocenters. The van der Waals surface area contributed by atoms with E-state index >= 15 is 0 Å². The molecule has 0 fully saturated rings. The second-order valence-corrected chi connectivity index (χ2v) is 6.98. The average Bonchev–Trinajstić information content (AvgIpc) is 2.70. The zero-order valence-corrected chi connectivity index (χ0v) is 16.4. The minimum absolute atomic E-state index is 0.302. The molecule has 0 aliphatic heterocycles. The highest BCUT2D eigenvalue weighted by molar-refractivity contribution is 6.30. The lowest BCUT2D eigenvalue weighted by Crippen LogP contribution is -2.23. The standard InChI is InChI=1S/C22H20ClN3O2/c1-14-3-4-15(2)20(9-14)26-22(28)18-10-17(12-24-13-18)21(27)25-11-16-5-7-19(23)8-6-16/h3-10,12-13H,11H2,1-2H3,(H,25,27)(H,26,28). The quantitative estimate of drug-likeness (QED) is 0.668. The fourth-order valence-corrected chi connectivity index (χ4v) is 2.77. The first-order chi connectivity index (χ1) is 13.4. The fourth-order valence-electron chi connectivity index (χ4n) is 2.64. The molecule has 28 heavy (non-hydrogen) atoms. The van der Waals surface area contributed by atoms with Gasteiger partial charge in [0.05, 0.1) is 11.1 Å². The molecule has 0 aliphatic carbocycles. The van der Waals surface area contributed by atoms with Crippen LogP contribution in [0.4, 0.5) is 5.69 Å². The highest BCUT2D eigenvalue weighted by Gasteiger charge is 2.12. The van der Waals surface area contributed by atoms with Crippen molar-refractivity contribution in [1.82, 2.24) is 10.3 Å². The zero-order valence-electron chi connectivity index (χ0n) is 15.6. The predicted molar refractivity (Wildman–Crippen MR) is 111 cm³/mol. The average molecular weight is 394 g/mol. The van der Waals surface area contributed by atoms with Crippen molar-refractivity contribution in [3.63, 3.8) is 0 Å². The number of rotatable bonds is 5. The first-order valence-electron chi connectivity index (χ1n) is 8.78. The number of aryl methyl sites for hydroxylation is 2. The minimum Gasteiger partial charge on any atom is -0.348 e. The van der Waals surface area contributed by atoms with Gasteiger partial charge < -0.3 is 10.6 Å². The van der Waals surface area contributed by atoms with Crippen molar-refractivity contribution in [2.24, 2.45) is 0 Å². The van der Waals surface area contributed by atoms with E-state index < -0.39 is 0 Å². The molecule has 142 valence electrons. The lowest BCUT2D eigenvalue weighted by atomic mass is 10.1. The summed E-state index contributed by atoms with van der Waals surface area (Å²) in [7, 11) is 0. The zero-order chi connectivity index (χ0) is 20.1. The van der Waals surface area contributed by atoms with Crippen LogP contribution in [-0.4, -0.2) is 16.8 Å².